The minimum Gasteiger partial charge on any atom is -0.462 e. The van der Waals surface area contributed by atoms with Crippen molar-refractivity contribution in [2.75, 3.05) is 25.6 Å². The molecule has 5 nitrogen and oxygen atoms in total. The molecule has 0 saturated carbocycles. The van der Waals surface area contributed by atoms with Crippen LogP contribution in [0, 0.1) is 0 Å². The summed E-state index contributed by atoms with van der Waals surface area (Å²) in [7, 11) is 1.53. The third-order valence-electron chi connectivity index (χ3n) is 3.93. The number of para-hydroxylation sites is 1. The number of hydrogen-bond donors (Lipinski definition) is 1. The summed E-state index contributed by atoms with van der Waals surface area (Å²) < 4.78 is 8.91. The molecule has 0 aliphatic carbocycles. The van der Waals surface area contributed by atoms with Gasteiger partial charge in [-0.3, -0.25) is 4.79 Å². The molecular formula is C19H19NO4S. The summed E-state index contributed by atoms with van der Waals surface area (Å²) >= 11 is 1.25. The maximum absolute atomic E-state index is 12.9. The van der Waals surface area contributed by atoms with Crippen molar-refractivity contribution in [1.29, 1.82) is 0 Å². The fraction of sp³-hybridized carbons (Fsp3) is 0.263. The van der Waals surface area contributed by atoms with Gasteiger partial charge in [0.2, 0.25) is 4.75 Å². The van der Waals surface area contributed by atoms with E-state index >= 15 is 0 Å². The van der Waals surface area contributed by atoms with Crippen molar-refractivity contribution in [2.45, 2.75) is 16.1 Å². The Balaban J connectivity index is 1.94. The number of carbonyl (C=O) groups is 2. The van der Waals surface area contributed by atoms with Gasteiger partial charge in [0.1, 0.15) is 6.61 Å². The largest absolute Gasteiger partial charge is 0.462 e. The monoisotopic (exact) mass is 357 g/mol. The first-order valence-corrected chi connectivity index (χ1v) is 8.77. The molecule has 0 aromatic heterocycles. The van der Waals surface area contributed by atoms with E-state index in [-0.39, 0.29) is 25.5 Å². The number of ether oxygens (including phenoxy) is 2. The third kappa shape index (κ3) is 3.70. The molecule has 130 valence electrons. The first-order valence-electron chi connectivity index (χ1n) is 7.95. The molecule has 2 aromatic rings. The fourth-order valence-electron chi connectivity index (χ4n) is 2.66. The maximum Gasteiger partial charge on any atom is 0.332 e. The van der Waals surface area contributed by atoms with Gasteiger partial charge >= 0.3 is 5.97 Å². The van der Waals surface area contributed by atoms with Gasteiger partial charge in [-0.1, -0.05) is 54.2 Å². The molecule has 1 aliphatic rings. The van der Waals surface area contributed by atoms with Gasteiger partial charge in [0.15, 0.2) is 0 Å². The van der Waals surface area contributed by atoms with E-state index in [1.807, 2.05) is 54.6 Å². The Morgan fingerprint density at radius 2 is 1.80 bits per heavy atom. The number of hydrogen-bond acceptors (Lipinski definition) is 5. The lowest BCUT2D eigenvalue weighted by atomic mass is 9.96. The van der Waals surface area contributed by atoms with E-state index in [4.69, 9.17) is 9.47 Å². The van der Waals surface area contributed by atoms with Crippen molar-refractivity contribution < 1.29 is 19.1 Å². The summed E-state index contributed by atoms with van der Waals surface area (Å²) in [4.78, 5) is 26.6. The van der Waals surface area contributed by atoms with Gasteiger partial charge in [0.05, 0.1) is 12.3 Å². The molecule has 1 amide bonds. The molecule has 6 heteroatoms. The van der Waals surface area contributed by atoms with Gasteiger partial charge in [-0.25, -0.2) is 4.79 Å². The molecule has 1 heterocycles. The Kier molecular flexibility index (Phi) is 5.40. The van der Waals surface area contributed by atoms with Crippen LogP contribution in [0.2, 0.25) is 0 Å². The molecule has 1 unspecified atom stereocenters. The van der Waals surface area contributed by atoms with Gasteiger partial charge in [0.25, 0.3) is 5.91 Å². The molecular weight excluding hydrogens is 338 g/mol. The Hall–Kier alpha value is -2.31. The van der Waals surface area contributed by atoms with Gasteiger partial charge in [-0.2, -0.15) is 0 Å². The highest BCUT2D eigenvalue weighted by Gasteiger charge is 2.51. The smallest absolute Gasteiger partial charge is 0.332 e. The average molecular weight is 357 g/mol. The second-order valence-electron chi connectivity index (χ2n) is 5.67. The van der Waals surface area contributed by atoms with E-state index in [9.17, 15) is 9.59 Å². The molecule has 0 radical (unpaired) electrons. The normalized spacial score (nSPS) is 19.0. The van der Waals surface area contributed by atoms with Gasteiger partial charge in [0, 0.05) is 18.4 Å². The topological polar surface area (TPSA) is 64.6 Å². The van der Waals surface area contributed by atoms with Crippen LogP contribution < -0.4 is 5.32 Å². The van der Waals surface area contributed by atoms with Gasteiger partial charge in [-0.15, -0.1) is 0 Å². The van der Waals surface area contributed by atoms with Gasteiger partial charge in [-0.05, 0) is 17.7 Å². The number of rotatable bonds is 6. The van der Waals surface area contributed by atoms with Crippen LogP contribution in [-0.2, 0) is 25.5 Å². The third-order valence-corrected chi connectivity index (χ3v) is 5.35. The van der Waals surface area contributed by atoms with Crippen molar-refractivity contribution in [3.05, 3.63) is 60.2 Å². The number of thioether (sulfide) groups is 1. The van der Waals surface area contributed by atoms with Crippen LogP contribution in [0.1, 0.15) is 5.56 Å². The van der Waals surface area contributed by atoms with Crippen molar-refractivity contribution in [3.63, 3.8) is 0 Å². The number of amides is 1. The quantitative estimate of drug-likeness (QED) is 0.489. The molecule has 25 heavy (non-hydrogen) atoms. The molecule has 2 aromatic carbocycles. The van der Waals surface area contributed by atoms with E-state index in [2.05, 4.69) is 5.32 Å². The SMILES string of the molecule is COCCOC(=O)C1(Cc2ccccc2)Sc2ccccc2NC1=O. The molecule has 0 spiro atoms. The Morgan fingerprint density at radius 1 is 1.08 bits per heavy atom. The molecule has 0 saturated heterocycles. The average Bonchev–Trinajstić information content (AvgIpc) is 2.63. The second kappa shape index (κ2) is 7.72. The molecule has 0 bridgehead atoms. The highest BCUT2D eigenvalue weighted by molar-refractivity contribution is 8.02. The summed E-state index contributed by atoms with van der Waals surface area (Å²) in [6.07, 6.45) is 0.254. The van der Waals surface area contributed by atoms with E-state index in [1.165, 1.54) is 18.9 Å². The van der Waals surface area contributed by atoms with Crippen molar-refractivity contribution in [2.24, 2.45) is 0 Å². The van der Waals surface area contributed by atoms with Crippen LogP contribution in [0.4, 0.5) is 5.69 Å². The van der Waals surface area contributed by atoms with Crippen molar-refractivity contribution in [1.82, 2.24) is 0 Å². The first-order chi connectivity index (χ1) is 12.2. The van der Waals surface area contributed by atoms with E-state index in [1.54, 1.807) is 0 Å². The van der Waals surface area contributed by atoms with Crippen LogP contribution in [0.15, 0.2) is 59.5 Å². The number of benzene rings is 2. The number of esters is 1. The van der Waals surface area contributed by atoms with Crippen molar-refractivity contribution >= 4 is 29.3 Å². The summed E-state index contributed by atoms with van der Waals surface area (Å²) in [5.41, 5.74) is 1.61. The molecule has 0 fully saturated rings. The zero-order chi connectivity index (χ0) is 17.7. The molecule has 1 N–H and O–H groups in total. The number of anilines is 1. The maximum atomic E-state index is 12.9. The molecule has 3 rings (SSSR count). The Morgan fingerprint density at radius 3 is 2.56 bits per heavy atom. The highest BCUT2D eigenvalue weighted by atomic mass is 32.2. The zero-order valence-corrected chi connectivity index (χ0v) is 14.7. The second-order valence-corrected chi connectivity index (χ2v) is 7.01. The summed E-state index contributed by atoms with van der Waals surface area (Å²) in [6.45, 7) is 0.400. The van der Waals surface area contributed by atoms with Gasteiger partial charge < -0.3 is 14.8 Å². The van der Waals surface area contributed by atoms with Crippen LogP contribution >= 0.6 is 11.8 Å². The van der Waals surface area contributed by atoms with Crippen LogP contribution in [0.5, 0.6) is 0 Å². The highest BCUT2D eigenvalue weighted by Crippen LogP contribution is 2.45. The van der Waals surface area contributed by atoms with E-state index in [0.717, 1.165) is 10.5 Å². The Labute approximate surface area is 150 Å². The minimum atomic E-state index is -1.36. The standard InChI is InChI=1S/C19H19NO4S/c1-23-11-12-24-18(22)19(13-14-7-3-2-4-8-14)17(21)20-15-9-5-6-10-16(15)25-19/h2-10H,11-13H2,1H3,(H,20,21). The lowest BCUT2D eigenvalue weighted by Gasteiger charge is -2.34. The lowest BCUT2D eigenvalue weighted by Crippen LogP contribution is -2.51. The van der Waals surface area contributed by atoms with Crippen LogP contribution in [-0.4, -0.2) is 36.9 Å². The van der Waals surface area contributed by atoms with Crippen LogP contribution in [0.25, 0.3) is 0 Å². The number of nitrogens with one attached hydrogen (secondary N) is 1. The van der Waals surface area contributed by atoms with Crippen LogP contribution in [0.3, 0.4) is 0 Å². The lowest BCUT2D eigenvalue weighted by molar-refractivity contribution is -0.150. The fourth-order valence-corrected chi connectivity index (χ4v) is 3.93. The number of methoxy groups -OCH3 is 1. The summed E-state index contributed by atoms with van der Waals surface area (Å²) in [5.74, 6) is -0.909. The Bertz CT molecular complexity index is 765. The minimum absolute atomic E-state index is 0.112. The van der Waals surface area contributed by atoms with E-state index in [0.29, 0.717) is 5.69 Å². The molecule has 1 atom stereocenters. The van der Waals surface area contributed by atoms with Crippen molar-refractivity contribution in [3.8, 4) is 0 Å². The van der Waals surface area contributed by atoms with E-state index < -0.39 is 10.7 Å². The first kappa shape index (κ1) is 17.5. The summed E-state index contributed by atoms with van der Waals surface area (Å²) in [6, 6.07) is 16.9. The number of fused-ring (bicyclic) bond motifs is 1. The predicted molar refractivity (Wildman–Crippen MR) is 96.6 cm³/mol. The molecule has 1 aliphatic heterocycles. The zero-order valence-electron chi connectivity index (χ0n) is 13.9. The predicted octanol–water partition coefficient (Wildman–Crippen LogP) is 2.90. The number of carbonyl (C=O) groups excluding carboxylic acids is 2. The summed E-state index contributed by atoms with van der Waals surface area (Å²) in [5, 5.41) is 2.85.